The maximum Gasteiger partial charge on any atom is 0.139 e. The maximum atomic E-state index is 5.84. The van der Waals surface area contributed by atoms with Crippen molar-refractivity contribution in [1.82, 2.24) is 4.57 Å². The molecule has 2 nitrogen and oxygen atoms in total. The Morgan fingerprint density at radius 2 is 1.94 bits per heavy atom. The van der Waals surface area contributed by atoms with Crippen molar-refractivity contribution < 1.29 is 4.74 Å². The second-order valence-electron chi connectivity index (χ2n) is 4.01. The molecule has 0 aliphatic rings. The zero-order valence-corrected chi connectivity index (χ0v) is 14.7. The molecule has 18 heavy (non-hydrogen) atoms. The van der Waals surface area contributed by atoms with Crippen molar-refractivity contribution in [3.8, 4) is 0 Å². The van der Waals surface area contributed by atoms with Crippen LogP contribution in [0.4, 0.5) is 0 Å². The summed E-state index contributed by atoms with van der Waals surface area (Å²) in [5.41, 5.74) is 1.19. The van der Waals surface area contributed by atoms with Gasteiger partial charge in [-0.15, -0.1) is 0 Å². The number of benzene rings is 1. The molecule has 2 rings (SSSR count). The minimum atomic E-state index is -0.307. The van der Waals surface area contributed by atoms with E-state index in [0.717, 1.165) is 6.42 Å². The van der Waals surface area contributed by atoms with Gasteiger partial charge in [0.15, 0.2) is 0 Å². The minimum Gasteiger partial charge on any atom is -0.358 e. The normalized spacial score (nSPS) is 14.0. The fourth-order valence-electron chi connectivity index (χ4n) is 1.98. The van der Waals surface area contributed by atoms with Crippen molar-refractivity contribution in [2.24, 2.45) is 0 Å². The molecule has 1 unspecified atom stereocenters. The summed E-state index contributed by atoms with van der Waals surface area (Å²) in [5.74, 6) is 0. The Bertz CT molecular complexity index is 518. The molecule has 0 spiro atoms. The fourth-order valence-corrected chi connectivity index (χ4v) is 2.81. The predicted molar refractivity (Wildman–Crippen MR) is 86.7 cm³/mol. The average Bonchev–Trinajstić information content (AvgIpc) is 2.70. The quantitative estimate of drug-likeness (QED) is 0.581. The van der Waals surface area contributed by atoms with E-state index in [2.05, 4.69) is 76.8 Å². The van der Waals surface area contributed by atoms with Crippen molar-refractivity contribution in [3.63, 3.8) is 0 Å². The Hall–Kier alpha value is 0.160. The molecular formula is C13H14Br3NO. The zero-order chi connectivity index (χ0) is 13.2. The number of ether oxygens (including phenoxy) is 1. The van der Waals surface area contributed by atoms with Crippen LogP contribution in [0.15, 0.2) is 36.5 Å². The molecule has 0 saturated carbocycles. The molecule has 2 aromatic rings. The SMILES string of the molecule is CCOC(CC(Br)(Br)Br)n1ccc2ccccc21. The number of alkyl halides is 3. The van der Waals surface area contributed by atoms with Crippen molar-refractivity contribution in [1.29, 1.82) is 0 Å². The highest BCUT2D eigenvalue weighted by Gasteiger charge is 2.26. The Labute approximate surface area is 132 Å². The van der Waals surface area contributed by atoms with E-state index in [9.17, 15) is 0 Å². The Kier molecular flexibility index (Phi) is 4.92. The van der Waals surface area contributed by atoms with Crippen LogP contribution in [0.3, 0.4) is 0 Å². The van der Waals surface area contributed by atoms with Gasteiger partial charge >= 0.3 is 0 Å². The van der Waals surface area contributed by atoms with E-state index in [1.54, 1.807) is 0 Å². The van der Waals surface area contributed by atoms with Gasteiger partial charge in [0.2, 0.25) is 0 Å². The van der Waals surface area contributed by atoms with E-state index in [0.29, 0.717) is 6.61 Å². The predicted octanol–water partition coefficient (Wildman–Crippen LogP) is 5.41. The van der Waals surface area contributed by atoms with E-state index in [4.69, 9.17) is 4.74 Å². The summed E-state index contributed by atoms with van der Waals surface area (Å²) in [5, 5.41) is 1.23. The van der Waals surface area contributed by atoms with Crippen LogP contribution in [0.25, 0.3) is 10.9 Å². The van der Waals surface area contributed by atoms with E-state index in [1.165, 1.54) is 10.9 Å². The summed E-state index contributed by atoms with van der Waals surface area (Å²) in [7, 11) is 0. The number of para-hydroxylation sites is 1. The lowest BCUT2D eigenvalue weighted by Crippen LogP contribution is -2.18. The molecule has 0 radical (unpaired) electrons. The molecule has 0 bridgehead atoms. The van der Waals surface area contributed by atoms with Crippen LogP contribution in [0.5, 0.6) is 0 Å². The molecular weight excluding hydrogens is 426 g/mol. The lowest BCUT2D eigenvalue weighted by molar-refractivity contribution is 0.00995. The second kappa shape index (κ2) is 6.07. The number of halogens is 3. The Balaban J connectivity index is 2.35. The molecule has 0 aliphatic carbocycles. The second-order valence-corrected chi connectivity index (χ2v) is 11.3. The molecule has 5 heteroatoms. The molecule has 1 aromatic heterocycles. The summed E-state index contributed by atoms with van der Waals surface area (Å²) in [4.78, 5) is 0. The van der Waals surface area contributed by atoms with Gasteiger partial charge in [-0.3, -0.25) is 0 Å². The number of hydrogen-bond donors (Lipinski definition) is 0. The first-order valence-corrected chi connectivity index (χ1v) is 8.13. The van der Waals surface area contributed by atoms with Crippen LogP contribution < -0.4 is 0 Å². The lowest BCUT2D eigenvalue weighted by Gasteiger charge is -2.24. The molecule has 0 aliphatic heterocycles. The molecule has 0 fully saturated rings. The molecule has 0 N–H and O–H groups in total. The first kappa shape index (κ1) is 14.6. The number of fused-ring (bicyclic) bond motifs is 1. The maximum absolute atomic E-state index is 5.84. The largest absolute Gasteiger partial charge is 0.358 e. The first-order valence-electron chi connectivity index (χ1n) is 5.75. The van der Waals surface area contributed by atoms with Gasteiger partial charge in [-0.05, 0) is 24.4 Å². The standard InChI is InChI=1S/C13H14Br3NO/c1-2-18-12(9-13(14,15)16)17-8-7-10-5-3-4-6-11(10)17/h3-8,12H,2,9H2,1H3. The third-order valence-corrected chi connectivity index (χ3v) is 3.68. The van der Waals surface area contributed by atoms with Crippen molar-refractivity contribution in [3.05, 3.63) is 36.5 Å². The van der Waals surface area contributed by atoms with Crippen molar-refractivity contribution >= 4 is 58.7 Å². The summed E-state index contributed by atoms with van der Waals surface area (Å²) in [6.45, 7) is 2.69. The Morgan fingerprint density at radius 3 is 2.61 bits per heavy atom. The van der Waals surface area contributed by atoms with Crippen molar-refractivity contribution in [2.75, 3.05) is 6.61 Å². The summed E-state index contributed by atoms with van der Waals surface area (Å²) >= 11 is 10.6. The van der Waals surface area contributed by atoms with Gasteiger partial charge in [0.25, 0.3) is 0 Å². The summed E-state index contributed by atoms with van der Waals surface area (Å²) in [6.07, 6.45) is 2.82. The number of aromatic nitrogens is 1. The van der Waals surface area contributed by atoms with Crippen molar-refractivity contribution in [2.45, 2.75) is 21.7 Å². The molecule has 0 saturated heterocycles. The fraction of sp³-hybridized carbons (Fsp3) is 0.385. The monoisotopic (exact) mass is 437 g/mol. The molecule has 0 amide bonds. The third-order valence-electron chi connectivity index (χ3n) is 2.71. The molecule has 98 valence electrons. The van der Waals surface area contributed by atoms with Crippen LogP contribution in [-0.2, 0) is 4.74 Å². The van der Waals surface area contributed by atoms with Gasteiger partial charge in [0, 0.05) is 19.2 Å². The van der Waals surface area contributed by atoms with Gasteiger partial charge in [0.05, 0.1) is 5.52 Å². The van der Waals surface area contributed by atoms with Crippen LogP contribution in [0.2, 0.25) is 0 Å². The van der Waals surface area contributed by atoms with Crippen LogP contribution in [-0.4, -0.2) is 13.3 Å². The first-order chi connectivity index (χ1) is 8.51. The lowest BCUT2D eigenvalue weighted by atomic mass is 10.2. The van der Waals surface area contributed by atoms with E-state index in [-0.39, 0.29) is 8.37 Å². The molecule has 1 atom stereocenters. The third kappa shape index (κ3) is 3.59. The van der Waals surface area contributed by atoms with Gasteiger partial charge in [-0.2, -0.15) is 0 Å². The van der Waals surface area contributed by atoms with E-state index >= 15 is 0 Å². The van der Waals surface area contributed by atoms with Crippen LogP contribution >= 0.6 is 47.8 Å². The highest BCUT2D eigenvalue weighted by atomic mass is 80.0. The zero-order valence-electron chi connectivity index (χ0n) is 9.95. The highest BCUT2D eigenvalue weighted by Crippen LogP contribution is 2.42. The van der Waals surface area contributed by atoms with Crippen LogP contribution in [0, 0.1) is 0 Å². The van der Waals surface area contributed by atoms with E-state index in [1.807, 2.05) is 19.1 Å². The van der Waals surface area contributed by atoms with Gasteiger partial charge in [0.1, 0.15) is 8.37 Å². The topological polar surface area (TPSA) is 14.2 Å². The van der Waals surface area contributed by atoms with E-state index < -0.39 is 0 Å². The highest BCUT2D eigenvalue weighted by molar-refractivity contribution is 9.39. The van der Waals surface area contributed by atoms with Gasteiger partial charge in [-0.1, -0.05) is 66.0 Å². The summed E-state index contributed by atoms with van der Waals surface area (Å²) in [6, 6.07) is 10.4. The summed E-state index contributed by atoms with van der Waals surface area (Å²) < 4.78 is 7.70. The Morgan fingerprint density at radius 1 is 1.22 bits per heavy atom. The van der Waals surface area contributed by atoms with Crippen LogP contribution in [0.1, 0.15) is 19.6 Å². The van der Waals surface area contributed by atoms with Gasteiger partial charge in [-0.25, -0.2) is 0 Å². The number of nitrogens with zero attached hydrogens (tertiary/aromatic N) is 1. The number of rotatable bonds is 4. The molecule has 1 aromatic carbocycles. The minimum absolute atomic E-state index is 0.0203. The molecule has 1 heterocycles. The number of hydrogen-bond acceptors (Lipinski definition) is 1. The smallest absolute Gasteiger partial charge is 0.139 e. The average molecular weight is 440 g/mol. The van der Waals surface area contributed by atoms with Gasteiger partial charge < -0.3 is 9.30 Å².